The molecule has 0 bridgehead atoms. The molecular formula is C24H23Cl2N3O4S3. The molecule has 1 heterocycles. The van der Waals surface area contributed by atoms with E-state index in [0.29, 0.717) is 32.2 Å². The third-order valence-corrected chi connectivity index (χ3v) is 8.87. The maximum atomic E-state index is 12.7. The summed E-state index contributed by atoms with van der Waals surface area (Å²) in [5, 5.41) is 7.70. The summed E-state index contributed by atoms with van der Waals surface area (Å²) in [5.74, 6) is 0.162. The number of carbonyl (C=O) groups is 1. The van der Waals surface area contributed by atoms with E-state index in [1.807, 2.05) is 0 Å². The second kappa shape index (κ2) is 10.9. The van der Waals surface area contributed by atoms with Gasteiger partial charge in [0.05, 0.1) is 23.3 Å². The molecule has 3 N–H and O–H groups in total. The Morgan fingerprint density at radius 1 is 1.08 bits per heavy atom. The Labute approximate surface area is 229 Å². The lowest BCUT2D eigenvalue weighted by molar-refractivity contribution is 0.0601. The molecule has 1 unspecified atom stereocenters. The van der Waals surface area contributed by atoms with Crippen molar-refractivity contribution in [2.75, 3.05) is 22.5 Å². The average molecular weight is 585 g/mol. The van der Waals surface area contributed by atoms with Gasteiger partial charge in [0.15, 0.2) is 5.11 Å². The second-order valence-electron chi connectivity index (χ2n) is 8.41. The number of fused-ring (bicyclic) bond motifs is 1. The van der Waals surface area contributed by atoms with Gasteiger partial charge in [0, 0.05) is 20.6 Å². The number of hydrogen-bond donors (Lipinski definition) is 3. The third-order valence-electron chi connectivity index (χ3n) is 5.67. The highest BCUT2D eigenvalue weighted by Crippen LogP contribution is 2.40. The number of anilines is 3. The van der Waals surface area contributed by atoms with Crippen LogP contribution in [-0.2, 0) is 27.6 Å². The number of nitrogens with one attached hydrogen (secondary N) is 3. The molecule has 0 amide bonds. The normalized spacial score (nSPS) is 15.1. The van der Waals surface area contributed by atoms with Crippen LogP contribution in [0.25, 0.3) is 0 Å². The van der Waals surface area contributed by atoms with E-state index in [1.54, 1.807) is 12.1 Å². The van der Waals surface area contributed by atoms with E-state index in [-0.39, 0.29) is 15.7 Å². The number of halogens is 2. The number of thiocarbonyl (C=S) groups is 1. The first kappa shape index (κ1) is 26.7. The van der Waals surface area contributed by atoms with Gasteiger partial charge in [0.1, 0.15) is 5.00 Å². The highest BCUT2D eigenvalue weighted by atomic mass is 35.5. The van der Waals surface area contributed by atoms with E-state index < -0.39 is 16.0 Å². The first-order valence-corrected chi connectivity index (χ1v) is 14.4. The van der Waals surface area contributed by atoms with Gasteiger partial charge in [-0.25, -0.2) is 13.2 Å². The largest absolute Gasteiger partial charge is 0.465 e. The number of benzene rings is 2. The minimum absolute atomic E-state index is 0.0519. The van der Waals surface area contributed by atoms with Crippen molar-refractivity contribution in [2.45, 2.75) is 31.1 Å². The van der Waals surface area contributed by atoms with Crippen LogP contribution in [0.2, 0.25) is 10.0 Å². The van der Waals surface area contributed by atoms with E-state index in [4.69, 9.17) is 40.2 Å². The summed E-state index contributed by atoms with van der Waals surface area (Å²) in [7, 11) is -2.49. The van der Waals surface area contributed by atoms with Crippen molar-refractivity contribution < 1.29 is 17.9 Å². The van der Waals surface area contributed by atoms with Crippen molar-refractivity contribution in [1.29, 1.82) is 0 Å². The van der Waals surface area contributed by atoms with Crippen LogP contribution in [-0.4, -0.2) is 26.6 Å². The molecular weight excluding hydrogens is 561 g/mol. The third kappa shape index (κ3) is 6.12. The molecule has 4 rings (SSSR count). The molecule has 0 spiro atoms. The maximum absolute atomic E-state index is 12.7. The van der Waals surface area contributed by atoms with E-state index in [2.05, 4.69) is 22.3 Å². The van der Waals surface area contributed by atoms with Gasteiger partial charge in [-0.3, -0.25) is 4.72 Å². The van der Waals surface area contributed by atoms with Gasteiger partial charge >= 0.3 is 5.97 Å². The lowest BCUT2D eigenvalue weighted by Crippen LogP contribution is -2.20. The topological polar surface area (TPSA) is 96.5 Å². The number of ether oxygens (including phenoxy) is 1. The summed E-state index contributed by atoms with van der Waals surface area (Å²) in [6.07, 6.45) is 2.76. The van der Waals surface area contributed by atoms with Crippen LogP contribution in [0.3, 0.4) is 0 Å². The van der Waals surface area contributed by atoms with Crippen LogP contribution in [0.1, 0.15) is 34.1 Å². The Morgan fingerprint density at radius 3 is 2.39 bits per heavy atom. The Hall–Kier alpha value is -2.37. The molecule has 0 saturated heterocycles. The summed E-state index contributed by atoms with van der Waals surface area (Å²) >= 11 is 18.9. The molecule has 0 fully saturated rings. The van der Waals surface area contributed by atoms with Gasteiger partial charge in [-0.2, -0.15) is 0 Å². The SMILES string of the molecule is COC(=O)c1c(NC(=S)Nc2ccc(S(=O)(=O)Nc3cc(Cl)cc(Cl)c3)cc2)sc2c1CCC(C)C2. The van der Waals surface area contributed by atoms with Crippen LogP contribution in [0.15, 0.2) is 47.4 Å². The van der Waals surface area contributed by atoms with Crippen molar-refractivity contribution in [3.05, 3.63) is 68.5 Å². The number of carbonyl (C=O) groups excluding carboxylic acids is 1. The van der Waals surface area contributed by atoms with Crippen LogP contribution < -0.4 is 15.4 Å². The fraction of sp³-hybridized carbons (Fsp3) is 0.250. The van der Waals surface area contributed by atoms with Crippen LogP contribution in [0.4, 0.5) is 16.4 Å². The summed E-state index contributed by atoms with van der Waals surface area (Å²) in [4.78, 5) is 13.7. The van der Waals surface area contributed by atoms with Crippen LogP contribution in [0.5, 0.6) is 0 Å². The minimum atomic E-state index is -3.86. The zero-order valence-electron chi connectivity index (χ0n) is 19.4. The number of sulfonamides is 1. The molecule has 2 aromatic carbocycles. The Morgan fingerprint density at radius 2 is 1.75 bits per heavy atom. The van der Waals surface area contributed by atoms with Gasteiger partial charge in [0.2, 0.25) is 0 Å². The van der Waals surface area contributed by atoms with Crippen LogP contribution in [0, 0.1) is 5.92 Å². The lowest BCUT2D eigenvalue weighted by atomic mass is 9.88. The standard InChI is InChI=1S/C24H23Cl2N3O4S3/c1-13-3-8-19-20(9-13)35-22(21(19)23(30)33-2)28-24(34)27-16-4-6-18(7-5-16)36(31,32)29-17-11-14(25)10-15(26)12-17/h4-7,10-13,29H,3,8-9H2,1-2H3,(H2,27,28,34). The quantitative estimate of drug-likeness (QED) is 0.223. The molecule has 36 heavy (non-hydrogen) atoms. The van der Waals surface area contributed by atoms with Crippen molar-refractivity contribution in [3.63, 3.8) is 0 Å². The Kier molecular flexibility index (Phi) is 8.11. The maximum Gasteiger partial charge on any atom is 0.341 e. The van der Waals surface area contributed by atoms with Gasteiger partial charge in [-0.1, -0.05) is 30.1 Å². The molecule has 0 saturated carbocycles. The van der Waals surface area contributed by atoms with Gasteiger partial charge in [-0.15, -0.1) is 11.3 Å². The van der Waals surface area contributed by atoms with E-state index in [9.17, 15) is 13.2 Å². The zero-order valence-corrected chi connectivity index (χ0v) is 23.3. The molecule has 1 aromatic heterocycles. The second-order valence-corrected chi connectivity index (χ2v) is 12.5. The first-order chi connectivity index (χ1) is 17.1. The highest BCUT2D eigenvalue weighted by molar-refractivity contribution is 7.92. The van der Waals surface area contributed by atoms with E-state index in [1.165, 1.54) is 53.7 Å². The van der Waals surface area contributed by atoms with E-state index in [0.717, 1.165) is 24.8 Å². The lowest BCUT2D eigenvalue weighted by Gasteiger charge is -2.18. The number of hydrogen-bond acceptors (Lipinski definition) is 6. The van der Waals surface area contributed by atoms with Crippen molar-refractivity contribution in [3.8, 4) is 0 Å². The monoisotopic (exact) mass is 583 g/mol. The molecule has 190 valence electrons. The predicted octanol–water partition coefficient (Wildman–Crippen LogP) is 6.58. The van der Waals surface area contributed by atoms with Gasteiger partial charge in [-0.05, 0) is 85.4 Å². The predicted molar refractivity (Wildman–Crippen MR) is 150 cm³/mol. The van der Waals surface area contributed by atoms with Gasteiger partial charge < -0.3 is 15.4 Å². The van der Waals surface area contributed by atoms with Gasteiger partial charge in [0.25, 0.3) is 10.0 Å². The van der Waals surface area contributed by atoms with Crippen molar-refractivity contribution >= 4 is 84.2 Å². The fourth-order valence-electron chi connectivity index (χ4n) is 3.97. The number of rotatable bonds is 6. The fourth-order valence-corrected chi connectivity index (χ4v) is 7.22. The Balaban J connectivity index is 1.46. The minimum Gasteiger partial charge on any atom is -0.465 e. The summed E-state index contributed by atoms with van der Waals surface area (Å²) in [6, 6.07) is 10.5. The molecule has 0 aliphatic heterocycles. The number of methoxy groups -OCH3 is 1. The highest BCUT2D eigenvalue weighted by Gasteiger charge is 2.28. The average Bonchev–Trinajstić information content (AvgIpc) is 3.14. The van der Waals surface area contributed by atoms with Crippen molar-refractivity contribution in [1.82, 2.24) is 0 Å². The molecule has 1 aliphatic rings. The molecule has 1 atom stereocenters. The molecule has 12 heteroatoms. The number of thiophene rings is 1. The van der Waals surface area contributed by atoms with Crippen LogP contribution >= 0.6 is 46.8 Å². The molecule has 0 radical (unpaired) electrons. The van der Waals surface area contributed by atoms with Crippen molar-refractivity contribution in [2.24, 2.45) is 5.92 Å². The summed E-state index contributed by atoms with van der Waals surface area (Å²) in [5.41, 5.74) is 2.39. The molecule has 7 nitrogen and oxygen atoms in total. The first-order valence-electron chi connectivity index (χ1n) is 11.0. The smallest absolute Gasteiger partial charge is 0.341 e. The Bertz CT molecular complexity index is 1400. The number of esters is 1. The van der Waals surface area contributed by atoms with E-state index >= 15 is 0 Å². The summed E-state index contributed by atoms with van der Waals surface area (Å²) in [6.45, 7) is 2.20. The molecule has 3 aromatic rings. The molecule has 1 aliphatic carbocycles. The zero-order chi connectivity index (χ0) is 26.0. The summed E-state index contributed by atoms with van der Waals surface area (Å²) < 4.78 is 33.0.